The average molecular weight is 234 g/mol. The Morgan fingerprint density at radius 2 is 2.41 bits per heavy atom. The first-order valence-electron chi connectivity index (χ1n) is 5.50. The van der Waals surface area contributed by atoms with Crippen LogP contribution in [0.2, 0.25) is 0 Å². The number of aliphatic carboxylic acids is 1. The standard InChI is InChI=1S/C11H14N4O2/c1-2-3-8(11(16)17)14-10-9-4-5-13-15(9)7-6-12-10/h4-8H,2-3H2,1H3,(H,12,14)(H,16,17). The molecule has 2 heterocycles. The molecule has 0 aliphatic rings. The number of rotatable bonds is 5. The number of aromatic nitrogens is 3. The fraction of sp³-hybridized carbons (Fsp3) is 0.364. The molecule has 2 N–H and O–H groups in total. The van der Waals surface area contributed by atoms with E-state index in [0.717, 1.165) is 11.9 Å². The topological polar surface area (TPSA) is 79.5 Å². The van der Waals surface area contributed by atoms with Crippen LogP contribution in [0.15, 0.2) is 24.7 Å². The fourth-order valence-electron chi connectivity index (χ4n) is 1.68. The lowest BCUT2D eigenvalue weighted by Crippen LogP contribution is -2.29. The number of carboxylic acid groups (broad SMARTS) is 1. The van der Waals surface area contributed by atoms with E-state index < -0.39 is 12.0 Å². The SMILES string of the molecule is CCCC(Nc1nccn2nccc12)C(=O)O. The molecule has 90 valence electrons. The zero-order valence-corrected chi connectivity index (χ0v) is 9.50. The lowest BCUT2D eigenvalue weighted by Gasteiger charge is -2.14. The quantitative estimate of drug-likeness (QED) is 0.817. The molecule has 2 rings (SSSR count). The predicted octanol–water partition coefficient (Wildman–Crippen LogP) is 1.39. The third-order valence-corrected chi connectivity index (χ3v) is 2.51. The lowest BCUT2D eigenvalue weighted by atomic mass is 10.1. The normalized spacial score (nSPS) is 12.5. The molecule has 6 nitrogen and oxygen atoms in total. The smallest absolute Gasteiger partial charge is 0.326 e. The van der Waals surface area contributed by atoms with E-state index in [9.17, 15) is 4.79 Å². The Labute approximate surface area is 98.3 Å². The van der Waals surface area contributed by atoms with Gasteiger partial charge in [-0.05, 0) is 12.5 Å². The van der Waals surface area contributed by atoms with Crippen LogP contribution in [-0.2, 0) is 4.79 Å². The second-order valence-corrected chi connectivity index (χ2v) is 3.76. The monoisotopic (exact) mass is 234 g/mol. The summed E-state index contributed by atoms with van der Waals surface area (Å²) in [7, 11) is 0. The van der Waals surface area contributed by atoms with Crippen LogP contribution < -0.4 is 5.32 Å². The van der Waals surface area contributed by atoms with Crippen molar-refractivity contribution in [1.29, 1.82) is 0 Å². The molecule has 0 saturated heterocycles. The van der Waals surface area contributed by atoms with Gasteiger partial charge >= 0.3 is 5.97 Å². The number of carbonyl (C=O) groups is 1. The maximum absolute atomic E-state index is 11.1. The van der Waals surface area contributed by atoms with E-state index in [1.54, 1.807) is 29.2 Å². The Hall–Kier alpha value is -2.11. The van der Waals surface area contributed by atoms with Gasteiger partial charge in [0.1, 0.15) is 11.6 Å². The molecule has 6 heteroatoms. The molecule has 1 unspecified atom stereocenters. The van der Waals surface area contributed by atoms with Crippen LogP contribution in [0.1, 0.15) is 19.8 Å². The second-order valence-electron chi connectivity index (χ2n) is 3.76. The summed E-state index contributed by atoms with van der Waals surface area (Å²) >= 11 is 0. The highest BCUT2D eigenvalue weighted by atomic mass is 16.4. The fourth-order valence-corrected chi connectivity index (χ4v) is 1.68. The average Bonchev–Trinajstić information content (AvgIpc) is 2.77. The molecule has 2 aromatic heterocycles. The highest BCUT2D eigenvalue weighted by Crippen LogP contribution is 2.15. The van der Waals surface area contributed by atoms with Crippen LogP contribution in [0.25, 0.3) is 5.52 Å². The summed E-state index contributed by atoms with van der Waals surface area (Å²) in [5, 5.41) is 16.1. The minimum atomic E-state index is -0.866. The van der Waals surface area contributed by atoms with E-state index in [1.165, 1.54) is 0 Å². The van der Waals surface area contributed by atoms with E-state index in [1.807, 2.05) is 6.92 Å². The van der Waals surface area contributed by atoms with Crippen LogP contribution in [0, 0.1) is 0 Å². The first-order valence-corrected chi connectivity index (χ1v) is 5.50. The van der Waals surface area contributed by atoms with Crippen LogP contribution in [-0.4, -0.2) is 31.7 Å². The number of hydrogen-bond donors (Lipinski definition) is 2. The van der Waals surface area contributed by atoms with E-state index in [0.29, 0.717) is 12.2 Å². The molecule has 17 heavy (non-hydrogen) atoms. The van der Waals surface area contributed by atoms with Crippen molar-refractivity contribution in [2.75, 3.05) is 5.32 Å². The minimum absolute atomic E-state index is 0.547. The molecule has 2 aromatic rings. The molecule has 0 aromatic carbocycles. The summed E-state index contributed by atoms with van der Waals surface area (Å²) in [5.74, 6) is -0.319. The maximum atomic E-state index is 11.1. The third kappa shape index (κ3) is 2.35. The summed E-state index contributed by atoms with van der Waals surface area (Å²) in [6.45, 7) is 1.95. The summed E-state index contributed by atoms with van der Waals surface area (Å²) in [6.07, 6.45) is 6.32. The van der Waals surface area contributed by atoms with Gasteiger partial charge in [0, 0.05) is 12.4 Å². The summed E-state index contributed by atoms with van der Waals surface area (Å²) in [4.78, 5) is 15.2. The van der Waals surface area contributed by atoms with Crippen molar-refractivity contribution in [2.45, 2.75) is 25.8 Å². The lowest BCUT2D eigenvalue weighted by molar-refractivity contribution is -0.138. The van der Waals surface area contributed by atoms with Crippen molar-refractivity contribution in [2.24, 2.45) is 0 Å². The summed E-state index contributed by atoms with van der Waals surface area (Å²) in [5.41, 5.74) is 0.773. The largest absolute Gasteiger partial charge is 0.480 e. The molecular weight excluding hydrogens is 220 g/mol. The molecule has 0 radical (unpaired) electrons. The number of carboxylic acids is 1. The van der Waals surface area contributed by atoms with E-state index >= 15 is 0 Å². The van der Waals surface area contributed by atoms with E-state index in [-0.39, 0.29) is 0 Å². The second kappa shape index (κ2) is 4.82. The number of nitrogens with zero attached hydrogens (tertiary/aromatic N) is 3. The van der Waals surface area contributed by atoms with Gasteiger partial charge in [-0.1, -0.05) is 13.3 Å². The number of anilines is 1. The molecule has 0 spiro atoms. The molecule has 0 aliphatic carbocycles. The van der Waals surface area contributed by atoms with Gasteiger partial charge in [0.05, 0.1) is 6.20 Å². The highest BCUT2D eigenvalue weighted by molar-refractivity contribution is 5.79. The first kappa shape index (κ1) is 11.4. The van der Waals surface area contributed by atoms with Crippen LogP contribution in [0.3, 0.4) is 0 Å². The third-order valence-electron chi connectivity index (χ3n) is 2.51. The Bertz CT molecular complexity index is 523. The molecule has 0 fully saturated rings. The number of fused-ring (bicyclic) bond motifs is 1. The highest BCUT2D eigenvalue weighted by Gasteiger charge is 2.17. The first-order chi connectivity index (χ1) is 8.22. The van der Waals surface area contributed by atoms with Crippen LogP contribution in [0.4, 0.5) is 5.82 Å². The number of hydrogen-bond acceptors (Lipinski definition) is 4. The molecule has 0 amide bonds. The Morgan fingerprint density at radius 3 is 3.12 bits per heavy atom. The van der Waals surface area contributed by atoms with Gasteiger partial charge in [-0.2, -0.15) is 5.10 Å². The zero-order valence-electron chi connectivity index (χ0n) is 9.50. The van der Waals surface area contributed by atoms with Gasteiger partial charge in [-0.25, -0.2) is 14.3 Å². The summed E-state index contributed by atoms with van der Waals surface area (Å²) < 4.78 is 1.65. The Morgan fingerprint density at radius 1 is 1.59 bits per heavy atom. The molecule has 0 aliphatic heterocycles. The van der Waals surface area contributed by atoms with Crippen molar-refractivity contribution in [1.82, 2.24) is 14.6 Å². The maximum Gasteiger partial charge on any atom is 0.326 e. The molecule has 1 atom stereocenters. The van der Waals surface area contributed by atoms with Crippen molar-refractivity contribution in [3.05, 3.63) is 24.7 Å². The molecule has 0 saturated carbocycles. The van der Waals surface area contributed by atoms with Crippen LogP contribution >= 0.6 is 0 Å². The van der Waals surface area contributed by atoms with E-state index in [4.69, 9.17) is 5.11 Å². The van der Waals surface area contributed by atoms with E-state index in [2.05, 4.69) is 15.4 Å². The van der Waals surface area contributed by atoms with Crippen molar-refractivity contribution in [3.8, 4) is 0 Å². The van der Waals surface area contributed by atoms with Gasteiger partial charge in [0.25, 0.3) is 0 Å². The minimum Gasteiger partial charge on any atom is -0.480 e. The van der Waals surface area contributed by atoms with Gasteiger partial charge in [0.2, 0.25) is 0 Å². The van der Waals surface area contributed by atoms with Gasteiger partial charge in [0.15, 0.2) is 5.82 Å². The van der Waals surface area contributed by atoms with Crippen molar-refractivity contribution in [3.63, 3.8) is 0 Å². The van der Waals surface area contributed by atoms with Gasteiger partial charge < -0.3 is 10.4 Å². The Balaban J connectivity index is 2.27. The summed E-state index contributed by atoms with van der Waals surface area (Å²) in [6, 6.07) is 1.17. The van der Waals surface area contributed by atoms with Crippen molar-refractivity contribution >= 4 is 17.3 Å². The van der Waals surface area contributed by atoms with Gasteiger partial charge in [-0.15, -0.1) is 0 Å². The predicted molar refractivity (Wildman–Crippen MR) is 62.9 cm³/mol. The Kier molecular flexibility index (Phi) is 3.22. The van der Waals surface area contributed by atoms with Crippen LogP contribution in [0.5, 0.6) is 0 Å². The zero-order chi connectivity index (χ0) is 12.3. The van der Waals surface area contributed by atoms with Gasteiger partial charge in [-0.3, -0.25) is 0 Å². The number of nitrogens with one attached hydrogen (secondary N) is 1. The molecular formula is C11H14N4O2. The molecule has 0 bridgehead atoms. The van der Waals surface area contributed by atoms with Crippen molar-refractivity contribution < 1.29 is 9.90 Å².